The van der Waals surface area contributed by atoms with Crippen molar-refractivity contribution in [2.45, 2.75) is 26.8 Å². The number of H-pyrrole nitrogens is 1. The summed E-state index contributed by atoms with van der Waals surface area (Å²) in [6, 6.07) is 9.74. The smallest absolute Gasteiger partial charge is 0.256 e. The molecule has 2 heterocycles. The highest BCUT2D eigenvalue weighted by Gasteiger charge is 2.24. The number of nitrogens with one attached hydrogen (secondary N) is 1. The van der Waals surface area contributed by atoms with E-state index in [0.717, 1.165) is 11.3 Å². The summed E-state index contributed by atoms with van der Waals surface area (Å²) >= 11 is 0. The van der Waals surface area contributed by atoms with Gasteiger partial charge in [0.15, 0.2) is 0 Å². The summed E-state index contributed by atoms with van der Waals surface area (Å²) < 4.78 is 0. The van der Waals surface area contributed by atoms with Crippen molar-refractivity contribution in [1.82, 2.24) is 14.9 Å². The van der Waals surface area contributed by atoms with Crippen LogP contribution in [0.25, 0.3) is 6.08 Å². The van der Waals surface area contributed by atoms with Crippen LogP contribution in [0.4, 0.5) is 0 Å². The molecule has 1 aromatic heterocycles. The molecule has 0 atom stereocenters. The molecule has 1 aliphatic heterocycles. The van der Waals surface area contributed by atoms with Gasteiger partial charge in [-0.15, -0.1) is 0 Å². The van der Waals surface area contributed by atoms with E-state index in [1.807, 2.05) is 43.3 Å². The van der Waals surface area contributed by atoms with E-state index in [0.29, 0.717) is 36.5 Å². The number of hydrogen-bond acceptors (Lipinski definition) is 3. The first kappa shape index (κ1) is 15.2. The van der Waals surface area contributed by atoms with Crippen LogP contribution in [-0.4, -0.2) is 27.3 Å². The van der Waals surface area contributed by atoms with E-state index >= 15 is 0 Å². The van der Waals surface area contributed by atoms with Crippen LogP contribution in [0.3, 0.4) is 0 Å². The third kappa shape index (κ3) is 3.23. The number of aromatic nitrogens is 2. The molecule has 0 bridgehead atoms. The SMILES string of the molecule is C/C(=C\c1ccccc1)C(=O)N1CCc2nc(C)[nH]c(=O)c2C1. The van der Waals surface area contributed by atoms with E-state index in [-0.39, 0.29) is 11.5 Å². The number of nitrogens with zero attached hydrogens (tertiary/aromatic N) is 2. The van der Waals surface area contributed by atoms with Crippen molar-refractivity contribution in [3.05, 3.63) is 68.9 Å². The fourth-order valence-electron chi connectivity index (χ4n) is 2.83. The van der Waals surface area contributed by atoms with Gasteiger partial charge in [0.2, 0.25) is 5.91 Å². The van der Waals surface area contributed by atoms with E-state index in [1.165, 1.54) is 0 Å². The molecule has 23 heavy (non-hydrogen) atoms. The van der Waals surface area contributed by atoms with Gasteiger partial charge in [-0.1, -0.05) is 30.3 Å². The van der Waals surface area contributed by atoms with Gasteiger partial charge >= 0.3 is 0 Å². The summed E-state index contributed by atoms with van der Waals surface area (Å²) in [5, 5.41) is 0. The molecule has 1 N–H and O–H groups in total. The Morgan fingerprint density at radius 3 is 2.78 bits per heavy atom. The van der Waals surface area contributed by atoms with Gasteiger partial charge in [-0.25, -0.2) is 4.98 Å². The van der Waals surface area contributed by atoms with Crippen LogP contribution in [0.1, 0.15) is 29.6 Å². The normalized spacial score (nSPS) is 14.5. The molecule has 0 fully saturated rings. The van der Waals surface area contributed by atoms with E-state index in [1.54, 1.807) is 11.8 Å². The minimum Gasteiger partial charge on any atom is -0.334 e. The highest BCUT2D eigenvalue weighted by molar-refractivity contribution is 5.97. The number of aromatic amines is 1. The van der Waals surface area contributed by atoms with Crippen LogP contribution >= 0.6 is 0 Å². The number of hydrogen-bond donors (Lipinski definition) is 1. The maximum atomic E-state index is 12.6. The lowest BCUT2D eigenvalue weighted by molar-refractivity contribution is -0.127. The van der Waals surface area contributed by atoms with Gasteiger partial charge in [-0.05, 0) is 25.5 Å². The Labute approximate surface area is 134 Å². The summed E-state index contributed by atoms with van der Waals surface area (Å²) in [7, 11) is 0. The van der Waals surface area contributed by atoms with E-state index in [4.69, 9.17) is 0 Å². The predicted molar refractivity (Wildman–Crippen MR) is 88.8 cm³/mol. The molecule has 1 aromatic carbocycles. The average Bonchev–Trinajstić information content (AvgIpc) is 2.54. The van der Waals surface area contributed by atoms with Crippen molar-refractivity contribution in [3.8, 4) is 0 Å². The number of rotatable bonds is 2. The van der Waals surface area contributed by atoms with Gasteiger partial charge in [-0.2, -0.15) is 0 Å². The van der Waals surface area contributed by atoms with Crippen molar-refractivity contribution < 1.29 is 4.79 Å². The Morgan fingerprint density at radius 1 is 1.30 bits per heavy atom. The molecule has 0 aliphatic carbocycles. The number of amides is 1. The van der Waals surface area contributed by atoms with Crippen molar-refractivity contribution in [2.24, 2.45) is 0 Å². The standard InChI is InChI=1S/C18H19N3O2/c1-12(10-14-6-4-3-5-7-14)18(23)21-9-8-16-15(11-21)17(22)20-13(2)19-16/h3-7,10H,8-9,11H2,1-2H3,(H,19,20,22)/b12-10+. The van der Waals surface area contributed by atoms with Crippen molar-refractivity contribution in [1.29, 1.82) is 0 Å². The van der Waals surface area contributed by atoms with Crippen LogP contribution in [0.2, 0.25) is 0 Å². The summed E-state index contributed by atoms with van der Waals surface area (Å²) in [5.41, 5.74) is 2.92. The first-order chi connectivity index (χ1) is 11.0. The summed E-state index contributed by atoms with van der Waals surface area (Å²) in [5.74, 6) is 0.577. The average molecular weight is 309 g/mol. The molecule has 0 radical (unpaired) electrons. The van der Waals surface area contributed by atoms with E-state index < -0.39 is 0 Å². The molecule has 5 nitrogen and oxygen atoms in total. The summed E-state index contributed by atoms with van der Waals surface area (Å²) in [4.78, 5) is 33.5. The Hall–Kier alpha value is -2.69. The third-order valence-electron chi connectivity index (χ3n) is 3.99. The lowest BCUT2D eigenvalue weighted by Crippen LogP contribution is -2.40. The van der Waals surface area contributed by atoms with Gasteiger partial charge in [-0.3, -0.25) is 9.59 Å². The topological polar surface area (TPSA) is 66.1 Å². The highest BCUT2D eigenvalue weighted by Crippen LogP contribution is 2.17. The predicted octanol–water partition coefficient (Wildman–Crippen LogP) is 2.07. The Morgan fingerprint density at radius 2 is 2.04 bits per heavy atom. The van der Waals surface area contributed by atoms with Crippen LogP contribution in [0.15, 0.2) is 40.7 Å². The molecular weight excluding hydrogens is 290 g/mol. The molecule has 3 rings (SSSR count). The lowest BCUT2D eigenvalue weighted by Gasteiger charge is -2.28. The number of carbonyl (C=O) groups is 1. The van der Waals surface area contributed by atoms with Crippen molar-refractivity contribution in [2.75, 3.05) is 6.54 Å². The van der Waals surface area contributed by atoms with Crippen molar-refractivity contribution >= 4 is 12.0 Å². The Kier molecular flexibility index (Phi) is 4.10. The number of benzene rings is 1. The molecule has 1 amide bonds. The summed E-state index contributed by atoms with van der Waals surface area (Å²) in [6.45, 7) is 4.48. The molecule has 0 spiro atoms. The lowest BCUT2D eigenvalue weighted by atomic mass is 10.0. The molecular formula is C18H19N3O2. The molecule has 0 saturated heterocycles. The van der Waals surface area contributed by atoms with Crippen LogP contribution < -0.4 is 5.56 Å². The molecule has 118 valence electrons. The first-order valence-corrected chi connectivity index (χ1v) is 7.66. The van der Waals surface area contributed by atoms with E-state index in [9.17, 15) is 9.59 Å². The third-order valence-corrected chi connectivity index (χ3v) is 3.99. The Balaban J connectivity index is 1.82. The van der Waals surface area contributed by atoms with Gasteiger partial charge in [0.05, 0.1) is 17.8 Å². The molecule has 2 aromatic rings. The molecule has 1 aliphatic rings. The minimum absolute atomic E-state index is 0.0421. The highest BCUT2D eigenvalue weighted by atomic mass is 16.2. The fraction of sp³-hybridized carbons (Fsp3) is 0.278. The number of aryl methyl sites for hydroxylation is 1. The van der Waals surface area contributed by atoms with Gasteiger partial charge in [0.1, 0.15) is 5.82 Å². The molecule has 0 unspecified atom stereocenters. The second-order valence-corrected chi connectivity index (χ2v) is 5.79. The number of fused-ring (bicyclic) bond motifs is 1. The Bertz CT molecular complexity index is 822. The zero-order chi connectivity index (χ0) is 16.4. The zero-order valence-electron chi connectivity index (χ0n) is 13.3. The zero-order valence-corrected chi connectivity index (χ0v) is 13.3. The van der Waals surface area contributed by atoms with E-state index in [2.05, 4.69) is 9.97 Å². The molecule has 0 saturated carbocycles. The number of carbonyl (C=O) groups excluding carboxylic acids is 1. The first-order valence-electron chi connectivity index (χ1n) is 7.66. The maximum absolute atomic E-state index is 12.6. The van der Waals surface area contributed by atoms with Crippen LogP contribution in [0, 0.1) is 6.92 Å². The molecule has 5 heteroatoms. The summed E-state index contributed by atoms with van der Waals surface area (Å²) in [6.07, 6.45) is 2.49. The monoisotopic (exact) mass is 309 g/mol. The van der Waals surface area contributed by atoms with Crippen molar-refractivity contribution in [3.63, 3.8) is 0 Å². The van der Waals surface area contributed by atoms with Gasteiger partial charge in [0.25, 0.3) is 5.56 Å². The quantitative estimate of drug-likeness (QED) is 0.864. The fourth-order valence-corrected chi connectivity index (χ4v) is 2.83. The van der Waals surface area contributed by atoms with Gasteiger partial charge < -0.3 is 9.88 Å². The van der Waals surface area contributed by atoms with Crippen LogP contribution in [-0.2, 0) is 17.8 Å². The second-order valence-electron chi connectivity index (χ2n) is 5.79. The maximum Gasteiger partial charge on any atom is 0.256 e. The largest absolute Gasteiger partial charge is 0.334 e. The van der Waals surface area contributed by atoms with Crippen LogP contribution in [0.5, 0.6) is 0 Å². The minimum atomic E-state index is -0.144. The van der Waals surface area contributed by atoms with Gasteiger partial charge in [0, 0.05) is 18.5 Å². The second kappa shape index (κ2) is 6.20.